The zero-order valence-corrected chi connectivity index (χ0v) is 15.6. The summed E-state index contributed by atoms with van der Waals surface area (Å²) in [5, 5.41) is 8.40. The van der Waals surface area contributed by atoms with Crippen LogP contribution in [0.25, 0.3) is 22.1 Å². The lowest BCUT2D eigenvalue weighted by atomic mass is 9.95. The van der Waals surface area contributed by atoms with Gasteiger partial charge in [-0.2, -0.15) is 0 Å². The third-order valence-corrected chi connectivity index (χ3v) is 5.13. The van der Waals surface area contributed by atoms with Crippen LogP contribution in [0.2, 0.25) is 0 Å². The van der Waals surface area contributed by atoms with Crippen molar-refractivity contribution in [2.45, 2.75) is 12.8 Å². The maximum atomic E-state index is 14.6. The highest BCUT2D eigenvalue weighted by Gasteiger charge is 2.18. The molecule has 2 heterocycles. The molecule has 0 aliphatic heterocycles. The van der Waals surface area contributed by atoms with Gasteiger partial charge in [0.2, 0.25) is 5.95 Å². The Hall–Kier alpha value is -3.80. The van der Waals surface area contributed by atoms with Gasteiger partial charge in [0.05, 0.1) is 11.1 Å². The zero-order valence-electron chi connectivity index (χ0n) is 15.6. The highest BCUT2D eigenvalue weighted by molar-refractivity contribution is 6.06. The highest BCUT2D eigenvalue weighted by atomic mass is 19.1. The second kappa shape index (κ2) is 6.67. The van der Waals surface area contributed by atoms with Crippen LogP contribution in [0.15, 0.2) is 66.9 Å². The maximum absolute atomic E-state index is 14.6. The molecule has 5 rings (SSSR count). The topological polar surface area (TPSA) is 80.1 Å². The first-order chi connectivity index (χ1) is 14.1. The van der Waals surface area contributed by atoms with E-state index in [2.05, 4.69) is 4.98 Å². The number of nitrogens with two attached hydrogens (primary N) is 1. The molecule has 0 unspecified atom stereocenters. The van der Waals surface area contributed by atoms with Gasteiger partial charge in [0.25, 0.3) is 0 Å². The average Bonchev–Trinajstić information content (AvgIpc) is 3.15. The van der Waals surface area contributed by atoms with Crippen molar-refractivity contribution in [3.63, 3.8) is 0 Å². The maximum Gasteiger partial charge on any atom is 0.206 e. The van der Waals surface area contributed by atoms with E-state index in [1.165, 1.54) is 6.07 Å². The number of nitrogen functional groups attached to an aromatic ring is 1. The number of hydrogen-bond acceptors (Lipinski definition) is 4. The van der Waals surface area contributed by atoms with Crippen LogP contribution >= 0.6 is 0 Å². The molecule has 6 heteroatoms. The SMILES string of the molecule is N=C1C=CC(c2ccc(F)c3nc(N)n4cc(Cc5ccccc5)nc4c23)=CC1. The molecule has 5 nitrogen and oxygen atoms in total. The van der Waals surface area contributed by atoms with E-state index in [0.29, 0.717) is 29.6 Å². The van der Waals surface area contributed by atoms with Crippen molar-refractivity contribution in [1.29, 1.82) is 5.41 Å². The van der Waals surface area contributed by atoms with Crippen LogP contribution in [0, 0.1) is 11.2 Å². The van der Waals surface area contributed by atoms with E-state index in [1.807, 2.05) is 48.7 Å². The molecule has 0 spiro atoms. The number of rotatable bonds is 3. The first kappa shape index (κ1) is 17.3. The van der Waals surface area contributed by atoms with Gasteiger partial charge in [-0.15, -0.1) is 0 Å². The summed E-state index contributed by atoms with van der Waals surface area (Å²) in [6, 6.07) is 13.2. The predicted octanol–water partition coefficient (Wildman–Crippen LogP) is 4.56. The van der Waals surface area contributed by atoms with Crippen LogP contribution in [0.1, 0.15) is 23.2 Å². The summed E-state index contributed by atoms with van der Waals surface area (Å²) in [5.74, 6) is -0.232. The summed E-state index contributed by atoms with van der Waals surface area (Å²) in [6.45, 7) is 0. The molecule has 0 saturated heterocycles. The fourth-order valence-corrected chi connectivity index (χ4v) is 3.73. The van der Waals surface area contributed by atoms with E-state index in [4.69, 9.17) is 16.1 Å². The molecular formula is C23H18FN5. The monoisotopic (exact) mass is 383 g/mol. The minimum atomic E-state index is -0.432. The smallest absolute Gasteiger partial charge is 0.206 e. The largest absolute Gasteiger partial charge is 0.369 e. The van der Waals surface area contributed by atoms with Crippen LogP contribution in [-0.2, 0) is 6.42 Å². The lowest BCUT2D eigenvalue weighted by Crippen LogP contribution is -2.04. The van der Waals surface area contributed by atoms with E-state index >= 15 is 0 Å². The molecule has 3 N–H and O–H groups in total. The van der Waals surface area contributed by atoms with Gasteiger partial charge in [0.15, 0.2) is 0 Å². The molecule has 0 atom stereocenters. The number of hydrogen-bond donors (Lipinski definition) is 2. The highest BCUT2D eigenvalue weighted by Crippen LogP contribution is 2.32. The van der Waals surface area contributed by atoms with Gasteiger partial charge in [-0.1, -0.05) is 48.6 Å². The summed E-state index contributed by atoms with van der Waals surface area (Å²) in [5.41, 5.74) is 11.2. The van der Waals surface area contributed by atoms with Crippen molar-refractivity contribution in [2.75, 3.05) is 5.73 Å². The molecule has 0 radical (unpaired) electrons. The summed E-state index contributed by atoms with van der Waals surface area (Å²) in [6.07, 6.45) is 8.65. The molecule has 29 heavy (non-hydrogen) atoms. The Kier molecular flexibility index (Phi) is 3.98. The molecule has 1 aliphatic carbocycles. The molecule has 0 bridgehead atoms. The third kappa shape index (κ3) is 2.99. The Morgan fingerprint density at radius 1 is 1.07 bits per heavy atom. The van der Waals surface area contributed by atoms with Gasteiger partial charge >= 0.3 is 0 Å². The number of allylic oxidation sites excluding steroid dienone is 4. The van der Waals surface area contributed by atoms with E-state index in [9.17, 15) is 4.39 Å². The standard InChI is InChI=1S/C23H18FN5/c24-19-11-10-18(15-6-8-16(25)9-7-15)20-21(19)28-23(26)29-13-17(27-22(20)29)12-14-4-2-1-3-5-14/h1-8,10-11,13,25H,9,12H2,(H2,26,28). The van der Waals surface area contributed by atoms with Crippen LogP contribution in [0.5, 0.6) is 0 Å². The van der Waals surface area contributed by atoms with E-state index < -0.39 is 5.82 Å². The molecule has 0 saturated carbocycles. The van der Waals surface area contributed by atoms with E-state index in [0.717, 1.165) is 22.4 Å². The number of aromatic nitrogens is 3. The Bertz CT molecular complexity index is 1330. The van der Waals surface area contributed by atoms with Crippen molar-refractivity contribution < 1.29 is 4.39 Å². The Balaban J connectivity index is 1.75. The first-order valence-electron chi connectivity index (χ1n) is 9.36. The third-order valence-electron chi connectivity index (χ3n) is 5.13. The van der Waals surface area contributed by atoms with Crippen molar-refractivity contribution in [3.05, 3.63) is 89.5 Å². The number of fused-ring (bicyclic) bond motifs is 3. The van der Waals surface area contributed by atoms with Gasteiger partial charge in [-0.05, 0) is 28.8 Å². The Morgan fingerprint density at radius 3 is 2.66 bits per heavy atom. The molecule has 4 aromatic rings. The second-order valence-corrected chi connectivity index (χ2v) is 7.10. The lowest BCUT2D eigenvalue weighted by Gasteiger charge is -2.13. The summed E-state index contributed by atoms with van der Waals surface area (Å²) in [4.78, 5) is 9.12. The normalized spacial score (nSPS) is 14.0. The van der Waals surface area contributed by atoms with Crippen molar-refractivity contribution in [2.24, 2.45) is 0 Å². The zero-order chi connectivity index (χ0) is 20.0. The van der Waals surface area contributed by atoms with Crippen LogP contribution in [-0.4, -0.2) is 20.1 Å². The van der Waals surface area contributed by atoms with Crippen LogP contribution in [0.3, 0.4) is 0 Å². The van der Waals surface area contributed by atoms with Gasteiger partial charge in [0, 0.05) is 24.8 Å². The Labute approximate surface area is 166 Å². The molecule has 1 aliphatic rings. The van der Waals surface area contributed by atoms with Gasteiger partial charge in [-0.25, -0.2) is 14.4 Å². The van der Waals surface area contributed by atoms with Crippen LogP contribution in [0.4, 0.5) is 10.3 Å². The first-order valence-corrected chi connectivity index (χ1v) is 9.36. The molecular weight excluding hydrogens is 365 g/mol. The number of imidazole rings is 1. The average molecular weight is 383 g/mol. The lowest BCUT2D eigenvalue weighted by molar-refractivity contribution is 0.636. The van der Waals surface area contributed by atoms with Crippen molar-refractivity contribution in [3.8, 4) is 0 Å². The number of nitrogens with zero attached hydrogens (tertiary/aromatic N) is 3. The summed E-state index contributed by atoms with van der Waals surface area (Å²) in [7, 11) is 0. The molecule has 142 valence electrons. The fourth-order valence-electron chi connectivity index (χ4n) is 3.73. The van der Waals surface area contributed by atoms with Gasteiger partial charge in [-0.3, -0.25) is 4.40 Å². The second-order valence-electron chi connectivity index (χ2n) is 7.10. The fraction of sp³-hybridized carbons (Fsp3) is 0.0870. The van der Waals surface area contributed by atoms with Crippen molar-refractivity contribution >= 4 is 33.8 Å². The van der Waals surface area contributed by atoms with Crippen molar-refractivity contribution in [1.82, 2.24) is 14.4 Å². The number of anilines is 1. The van der Waals surface area contributed by atoms with E-state index in [-0.39, 0.29) is 11.5 Å². The molecule has 2 aromatic carbocycles. The molecule has 2 aromatic heterocycles. The Morgan fingerprint density at radius 2 is 1.90 bits per heavy atom. The molecule has 0 fully saturated rings. The summed E-state index contributed by atoms with van der Waals surface area (Å²) < 4.78 is 16.4. The van der Waals surface area contributed by atoms with E-state index in [1.54, 1.807) is 16.5 Å². The molecule has 0 amide bonds. The minimum Gasteiger partial charge on any atom is -0.369 e. The van der Waals surface area contributed by atoms with Gasteiger partial charge < -0.3 is 11.1 Å². The number of benzene rings is 2. The predicted molar refractivity (Wildman–Crippen MR) is 114 cm³/mol. The van der Waals surface area contributed by atoms with Crippen LogP contribution < -0.4 is 5.73 Å². The van der Waals surface area contributed by atoms with Gasteiger partial charge in [0.1, 0.15) is 17.0 Å². The quantitative estimate of drug-likeness (QED) is 0.544. The summed E-state index contributed by atoms with van der Waals surface area (Å²) >= 11 is 0. The minimum absolute atomic E-state index is 0.199. The number of halogens is 1. The number of nitrogens with one attached hydrogen (secondary N) is 1.